The van der Waals surface area contributed by atoms with E-state index < -0.39 is 0 Å². The van der Waals surface area contributed by atoms with Crippen molar-refractivity contribution in [3.63, 3.8) is 0 Å². The van der Waals surface area contributed by atoms with Crippen LogP contribution in [0.4, 0.5) is 5.00 Å². The first-order valence-electron chi connectivity index (χ1n) is 10.2. The second-order valence-electron chi connectivity index (χ2n) is 8.77. The number of nitrogens with one attached hydrogen (secondary N) is 2. The van der Waals surface area contributed by atoms with Gasteiger partial charge in [-0.25, -0.2) is 0 Å². The Morgan fingerprint density at radius 2 is 2.00 bits per heavy atom. The molecule has 5 rings (SSSR count). The van der Waals surface area contributed by atoms with Crippen molar-refractivity contribution in [2.45, 2.75) is 52.6 Å². The molecule has 1 amide bonds. The summed E-state index contributed by atoms with van der Waals surface area (Å²) in [5, 5.41) is 8.09. The number of benzene rings is 1. The van der Waals surface area contributed by atoms with Crippen molar-refractivity contribution >= 4 is 33.8 Å². The summed E-state index contributed by atoms with van der Waals surface area (Å²) in [6, 6.07) is 3.60. The van der Waals surface area contributed by atoms with Gasteiger partial charge in [0, 0.05) is 16.5 Å². The normalized spacial score (nSPS) is 22.6. The standard InChI is InChI=1S/C22H25ClN2O3S/c1-4-22(2,3)11-5-6-12-17(7-11)29-21-18(12)20(26)24-19(25-21)13-8-15-16(9-14(13)23)28-10-27-15/h8-9,11,19,25H,4-7,10H2,1-3H3,(H,24,26)/t11-,19+/m1/s1. The van der Waals surface area contributed by atoms with E-state index in [9.17, 15) is 4.79 Å². The van der Waals surface area contributed by atoms with Gasteiger partial charge in [-0.1, -0.05) is 38.8 Å². The van der Waals surface area contributed by atoms with Crippen LogP contribution in [0.1, 0.15) is 66.1 Å². The summed E-state index contributed by atoms with van der Waals surface area (Å²) in [6.45, 7) is 7.18. The Hall–Kier alpha value is -1.92. The molecule has 29 heavy (non-hydrogen) atoms. The smallest absolute Gasteiger partial charge is 0.256 e. The van der Waals surface area contributed by atoms with Gasteiger partial charge in [-0.2, -0.15) is 0 Å². The fourth-order valence-electron chi connectivity index (χ4n) is 4.56. The summed E-state index contributed by atoms with van der Waals surface area (Å²) >= 11 is 8.21. The number of halogens is 1. The number of anilines is 1. The Morgan fingerprint density at radius 3 is 2.76 bits per heavy atom. The predicted octanol–water partition coefficient (Wildman–Crippen LogP) is 5.53. The highest BCUT2D eigenvalue weighted by atomic mass is 35.5. The molecular weight excluding hydrogens is 408 g/mol. The molecule has 2 aromatic rings. The summed E-state index contributed by atoms with van der Waals surface area (Å²) in [4.78, 5) is 14.4. The van der Waals surface area contributed by atoms with Crippen LogP contribution in [-0.4, -0.2) is 12.7 Å². The van der Waals surface area contributed by atoms with Crippen molar-refractivity contribution in [2.24, 2.45) is 11.3 Å². The molecule has 2 atom stereocenters. The molecule has 0 unspecified atom stereocenters. The van der Waals surface area contributed by atoms with E-state index in [-0.39, 0.29) is 18.9 Å². The molecule has 0 radical (unpaired) electrons. The maximum Gasteiger partial charge on any atom is 0.256 e. The maximum absolute atomic E-state index is 13.0. The highest BCUT2D eigenvalue weighted by Gasteiger charge is 2.38. The lowest BCUT2D eigenvalue weighted by Gasteiger charge is -2.36. The molecule has 1 aromatic carbocycles. The second-order valence-corrected chi connectivity index (χ2v) is 10.3. The molecule has 0 spiro atoms. The van der Waals surface area contributed by atoms with E-state index >= 15 is 0 Å². The van der Waals surface area contributed by atoms with Crippen LogP contribution >= 0.6 is 22.9 Å². The molecule has 2 N–H and O–H groups in total. The highest BCUT2D eigenvalue weighted by molar-refractivity contribution is 7.16. The average molecular weight is 433 g/mol. The van der Waals surface area contributed by atoms with Crippen LogP contribution in [-0.2, 0) is 12.8 Å². The van der Waals surface area contributed by atoms with Gasteiger partial charge in [-0.05, 0) is 42.2 Å². The predicted molar refractivity (Wildman–Crippen MR) is 115 cm³/mol. The van der Waals surface area contributed by atoms with E-state index in [0.717, 1.165) is 35.4 Å². The minimum atomic E-state index is -0.389. The Kier molecular flexibility index (Phi) is 4.48. The van der Waals surface area contributed by atoms with Crippen LogP contribution in [0.5, 0.6) is 11.5 Å². The van der Waals surface area contributed by atoms with E-state index in [1.54, 1.807) is 17.4 Å². The third-order valence-electron chi connectivity index (χ3n) is 6.86. The first-order valence-corrected chi connectivity index (χ1v) is 11.4. The molecule has 1 aliphatic carbocycles. The number of hydrogen-bond acceptors (Lipinski definition) is 5. The molecular formula is C22H25ClN2O3S. The zero-order chi connectivity index (χ0) is 20.3. The minimum Gasteiger partial charge on any atom is -0.454 e. The number of rotatable bonds is 3. The van der Waals surface area contributed by atoms with Crippen molar-refractivity contribution < 1.29 is 14.3 Å². The number of ether oxygens (including phenoxy) is 2. The zero-order valence-corrected chi connectivity index (χ0v) is 18.4. The van der Waals surface area contributed by atoms with Crippen LogP contribution in [0.15, 0.2) is 12.1 Å². The Morgan fingerprint density at radius 1 is 1.24 bits per heavy atom. The quantitative estimate of drug-likeness (QED) is 0.669. The van der Waals surface area contributed by atoms with Crippen molar-refractivity contribution in [1.29, 1.82) is 0 Å². The first kappa shape index (κ1) is 19.1. The Balaban J connectivity index is 1.46. The lowest BCUT2D eigenvalue weighted by Crippen LogP contribution is -2.38. The number of amides is 1. The van der Waals surface area contributed by atoms with Crippen LogP contribution in [0.3, 0.4) is 0 Å². The molecule has 154 valence electrons. The zero-order valence-electron chi connectivity index (χ0n) is 16.9. The van der Waals surface area contributed by atoms with Gasteiger partial charge in [0.1, 0.15) is 11.2 Å². The van der Waals surface area contributed by atoms with Crippen LogP contribution in [0.25, 0.3) is 0 Å². The van der Waals surface area contributed by atoms with Gasteiger partial charge in [0.2, 0.25) is 6.79 Å². The second kappa shape index (κ2) is 6.81. The van der Waals surface area contributed by atoms with Gasteiger partial charge >= 0.3 is 0 Å². The molecule has 3 heterocycles. The van der Waals surface area contributed by atoms with Gasteiger partial charge in [0.25, 0.3) is 5.91 Å². The van der Waals surface area contributed by atoms with Crippen molar-refractivity contribution in [2.75, 3.05) is 12.1 Å². The molecule has 0 saturated heterocycles. The topological polar surface area (TPSA) is 59.6 Å². The monoisotopic (exact) mass is 432 g/mol. The molecule has 5 nitrogen and oxygen atoms in total. The van der Waals surface area contributed by atoms with Gasteiger partial charge in [0.15, 0.2) is 11.5 Å². The Bertz CT molecular complexity index is 1000. The van der Waals surface area contributed by atoms with E-state index in [0.29, 0.717) is 27.9 Å². The SMILES string of the molecule is CCC(C)(C)[C@@H]1CCc2c(sc3c2C(=O)N[C@H](c2cc4c(cc2Cl)OCO4)N3)C1. The van der Waals surface area contributed by atoms with Crippen LogP contribution in [0, 0.1) is 11.3 Å². The Labute approximate surface area is 179 Å². The van der Waals surface area contributed by atoms with Gasteiger partial charge in [0.05, 0.1) is 10.6 Å². The summed E-state index contributed by atoms with van der Waals surface area (Å²) in [6.07, 6.45) is 3.95. The summed E-state index contributed by atoms with van der Waals surface area (Å²) in [5.41, 5.74) is 3.16. The first-order chi connectivity index (χ1) is 13.9. The van der Waals surface area contributed by atoms with E-state index in [4.69, 9.17) is 21.1 Å². The van der Waals surface area contributed by atoms with Crippen molar-refractivity contribution in [3.8, 4) is 11.5 Å². The molecule has 7 heteroatoms. The van der Waals surface area contributed by atoms with E-state index in [2.05, 4.69) is 31.4 Å². The largest absolute Gasteiger partial charge is 0.454 e. The third kappa shape index (κ3) is 3.08. The van der Waals surface area contributed by atoms with Crippen LogP contribution < -0.4 is 20.1 Å². The molecule has 1 aromatic heterocycles. The lowest BCUT2D eigenvalue weighted by atomic mass is 9.69. The number of carbonyl (C=O) groups excluding carboxylic acids is 1. The molecule has 3 aliphatic rings. The van der Waals surface area contributed by atoms with E-state index in [1.165, 1.54) is 16.9 Å². The average Bonchev–Trinajstić information content (AvgIpc) is 3.30. The molecule has 0 bridgehead atoms. The summed E-state index contributed by atoms with van der Waals surface area (Å²) < 4.78 is 10.9. The van der Waals surface area contributed by atoms with Gasteiger partial charge in [-0.15, -0.1) is 11.3 Å². The third-order valence-corrected chi connectivity index (χ3v) is 8.38. The van der Waals surface area contributed by atoms with Crippen molar-refractivity contribution in [1.82, 2.24) is 5.32 Å². The maximum atomic E-state index is 13.0. The summed E-state index contributed by atoms with van der Waals surface area (Å²) in [5.74, 6) is 1.92. The van der Waals surface area contributed by atoms with Crippen LogP contribution in [0.2, 0.25) is 5.02 Å². The lowest BCUT2D eigenvalue weighted by molar-refractivity contribution is 0.0934. The van der Waals surface area contributed by atoms with Gasteiger partial charge in [-0.3, -0.25) is 4.79 Å². The summed E-state index contributed by atoms with van der Waals surface area (Å²) in [7, 11) is 0. The van der Waals surface area contributed by atoms with E-state index in [1.807, 2.05) is 6.07 Å². The highest BCUT2D eigenvalue weighted by Crippen LogP contribution is 2.48. The van der Waals surface area contributed by atoms with Gasteiger partial charge < -0.3 is 20.1 Å². The molecule has 2 aliphatic heterocycles. The number of thiophene rings is 1. The fraction of sp³-hybridized carbons (Fsp3) is 0.500. The van der Waals surface area contributed by atoms with Crippen molar-refractivity contribution in [3.05, 3.63) is 38.7 Å². The minimum absolute atomic E-state index is 0.0248. The number of hydrogen-bond donors (Lipinski definition) is 2. The number of fused-ring (bicyclic) bond motifs is 4. The number of carbonyl (C=O) groups is 1. The fourth-order valence-corrected chi connectivity index (χ4v) is 6.18. The molecule has 0 saturated carbocycles. The molecule has 0 fully saturated rings.